The predicted molar refractivity (Wildman–Crippen MR) is 80.3 cm³/mol. The van der Waals surface area contributed by atoms with Gasteiger partial charge in [0.1, 0.15) is 0 Å². The normalized spacial score (nSPS) is 12.4. The van der Waals surface area contributed by atoms with E-state index in [1.807, 2.05) is 0 Å². The van der Waals surface area contributed by atoms with Crippen LogP contribution in [0.25, 0.3) is 0 Å². The van der Waals surface area contributed by atoms with E-state index in [0.717, 1.165) is 6.54 Å². The van der Waals surface area contributed by atoms with Gasteiger partial charge in [0.25, 0.3) is 0 Å². The van der Waals surface area contributed by atoms with Crippen LogP contribution in [-0.4, -0.2) is 13.1 Å². The molecule has 2 N–H and O–H groups in total. The minimum atomic E-state index is 0.274. The van der Waals surface area contributed by atoms with Crippen LogP contribution in [0, 0.1) is 6.92 Å². The van der Waals surface area contributed by atoms with E-state index in [2.05, 4.69) is 60.5 Å². The van der Waals surface area contributed by atoms with Crippen molar-refractivity contribution in [3.05, 3.63) is 52.2 Å². The van der Waals surface area contributed by atoms with Gasteiger partial charge < -0.3 is 10.6 Å². The van der Waals surface area contributed by atoms with E-state index in [1.54, 1.807) is 11.3 Å². The Labute approximate surface area is 113 Å². The Morgan fingerprint density at radius 3 is 2.56 bits per heavy atom. The summed E-state index contributed by atoms with van der Waals surface area (Å²) in [6.45, 7) is 5.94. The van der Waals surface area contributed by atoms with Crippen LogP contribution in [0.4, 0.5) is 5.69 Å². The van der Waals surface area contributed by atoms with E-state index >= 15 is 0 Å². The monoisotopic (exact) mass is 260 g/mol. The lowest BCUT2D eigenvalue weighted by molar-refractivity contribution is 0.652. The molecule has 0 aliphatic rings. The molecule has 0 radical (unpaired) electrons. The van der Waals surface area contributed by atoms with E-state index in [4.69, 9.17) is 5.73 Å². The summed E-state index contributed by atoms with van der Waals surface area (Å²) in [6, 6.07) is 13.0. The molecule has 96 valence electrons. The maximum atomic E-state index is 5.99. The molecule has 18 heavy (non-hydrogen) atoms. The Kier molecular flexibility index (Phi) is 4.39. The molecule has 1 atom stereocenters. The molecule has 1 heterocycles. The molecule has 1 aromatic heterocycles. The first-order valence-electron chi connectivity index (χ1n) is 6.33. The highest BCUT2D eigenvalue weighted by molar-refractivity contribution is 7.10. The third kappa shape index (κ3) is 2.57. The van der Waals surface area contributed by atoms with E-state index in [-0.39, 0.29) is 6.04 Å². The van der Waals surface area contributed by atoms with Crippen molar-refractivity contribution in [3.63, 3.8) is 0 Å². The largest absolute Gasteiger partial charge is 0.362 e. The fourth-order valence-corrected chi connectivity index (χ4v) is 3.17. The molecule has 3 heteroatoms. The van der Waals surface area contributed by atoms with Gasteiger partial charge in [-0.25, -0.2) is 0 Å². The van der Waals surface area contributed by atoms with Crippen molar-refractivity contribution < 1.29 is 0 Å². The fraction of sp³-hybridized carbons (Fsp3) is 0.333. The van der Waals surface area contributed by atoms with Crippen LogP contribution < -0.4 is 10.6 Å². The number of rotatable bonds is 5. The molecule has 0 aliphatic heterocycles. The number of aryl methyl sites for hydroxylation is 1. The van der Waals surface area contributed by atoms with Gasteiger partial charge in [-0.15, -0.1) is 11.3 Å². The zero-order chi connectivity index (χ0) is 13.0. The highest BCUT2D eigenvalue weighted by Gasteiger charge is 2.19. The van der Waals surface area contributed by atoms with Gasteiger partial charge in [0, 0.05) is 23.7 Å². The summed E-state index contributed by atoms with van der Waals surface area (Å²) in [4.78, 5) is 3.73. The number of likely N-dealkylation sites (N-methyl/N-ethyl adjacent to an activating group) is 1. The molecule has 0 saturated carbocycles. The average molecular weight is 260 g/mol. The van der Waals surface area contributed by atoms with E-state index < -0.39 is 0 Å². The second-order valence-electron chi connectivity index (χ2n) is 4.34. The van der Waals surface area contributed by atoms with Crippen LogP contribution in [0.5, 0.6) is 0 Å². The molecule has 0 spiro atoms. The van der Waals surface area contributed by atoms with E-state index in [1.165, 1.54) is 16.1 Å². The zero-order valence-electron chi connectivity index (χ0n) is 11.0. The molecular weight excluding hydrogens is 240 g/mol. The van der Waals surface area contributed by atoms with Gasteiger partial charge in [0.05, 0.1) is 6.04 Å². The van der Waals surface area contributed by atoms with E-state index in [9.17, 15) is 0 Å². The summed E-state index contributed by atoms with van der Waals surface area (Å²) >= 11 is 1.78. The summed E-state index contributed by atoms with van der Waals surface area (Å²) in [5.74, 6) is 0. The third-order valence-electron chi connectivity index (χ3n) is 3.24. The SMILES string of the molecule is CCN(c1ccccc1C)C(CN)c1cccs1. The minimum Gasteiger partial charge on any atom is -0.362 e. The Bertz CT molecular complexity index is 479. The first-order chi connectivity index (χ1) is 8.77. The second kappa shape index (κ2) is 6.03. The zero-order valence-corrected chi connectivity index (χ0v) is 11.8. The maximum absolute atomic E-state index is 5.99. The van der Waals surface area contributed by atoms with Crippen molar-refractivity contribution >= 4 is 17.0 Å². The van der Waals surface area contributed by atoms with Gasteiger partial charge in [-0.2, -0.15) is 0 Å². The van der Waals surface area contributed by atoms with Crippen LogP contribution in [0.1, 0.15) is 23.4 Å². The number of hydrogen-bond acceptors (Lipinski definition) is 3. The first-order valence-corrected chi connectivity index (χ1v) is 7.21. The Balaban J connectivity index is 2.35. The lowest BCUT2D eigenvalue weighted by Crippen LogP contribution is -2.33. The molecule has 0 bridgehead atoms. The molecule has 0 fully saturated rings. The van der Waals surface area contributed by atoms with Crippen LogP contribution in [0.3, 0.4) is 0 Å². The lowest BCUT2D eigenvalue weighted by Gasteiger charge is -2.32. The number of thiophene rings is 1. The standard InChI is InChI=1S/C15H20N2S/c1-3-17(13-8-5-4-7-12(13)2)14(11-16)15-9-6-10-18-15/h4-10,14H,3,11,16H2,1-2H3. The van der Waals surface area contributed by atoms with Gasteiger partial charge >= 0.3 is 0 Å². The van der Waals surface area contributed by atoms with E-state index in [0.29, 0.717) is 6.54 Å². The molecule has 2 aromatic rings. The summed E-state index contributed by atoms with van der Waals surface area (Å²) in [7, 11) is 0. The molecule has 1 unspecified atom stereocenters. The van der Waals surface area contributed by atoms with Crippen LogP contribution in [-0.2, 0) is 0 Å². The molecular formula is C15H20N2S. The number of nitrogens with two attached hydrogens (primary N) is 1. The fourth-order valence-electron chi connectivity index (χ4n) is 2.32. The summed E-state index contributed by atoms with van der Waals surface area (Å²) in [5, 5.41) is 2.11. The number of hydrogen-bond donors (Lipinski definition) is 1. The van der Waals surface area contributed by atoms with Crippen molar-refractivity contribution in [1.29, 1.82) is 0 Å². The average Bonchev–Trinajstić information content (AvgIpc) is 2.90. The number of benzene rings is 1. The van der Waals surface area contributed by atoms with Crippen LogP contribution in [0.15, 0.2) is 41.8 Å². The molecule has 2 nitrogen and oxygen atoms in total. The quantitative estimate of drug-likeness (QED) is 0.890. The Hall–Kier alpha value is -1.32. The molecule has 2 rings (SSSR count). The molecule has 1 aromatic carbocycles. The first kappa shape index (κ1) is 13.1. The molecule has 0 aliphatic carbocycles. The highest BCUT2D eigenvalue weighted by atomic mass is 32.1. The van der Waals surface area contributed by atoms with Gasteiger partial charge in [0.15, 0.2) is 0 Å². The summed E-state index contributed by atoms with van der Waals surface area (Å²) in [6.07, 6.45) is 0. The number of nitrogens with zero attached hydrogens (tertiary/aromatic N) is 1. The smallest absolute Gasteiger partial charge is 0.0757 e. The minimum absolute atomic E-state index is 0.274. The lowest BCUT2D eigenvalue weighted by atomic mass is 10.1. The van der Waals surface area contributed by atoms with Crippen molar-refractivity contribution in [3.8, 4) is 0 Å². The number of anilines is 1. The van der Waals surface area contributed by atoms with Crippen LogP contribution in [0.2, 0.25) is 0 Å². The van der Waals surface area contributed by atoms with Gasteiger partial charge in [-0.3, -0.25) is 0 Å². The third-order valence-corrected chi connectivity index (χ3v) is 4.21. The summed E-state index contributed by atoms with van der Waals surface area (Å²) in [5.41, 5.74) is 8.57. The van der Waals surface area contributed by atoms with Gasteiger partial charge in [-0.1, -0.05) is 24.3 Å². The maximum Gasteiger partial charge on any atom is 0.0757 e. The summed E-state index contributed by atoms with van der Waals surface area (Å²) < 4.78 is 0. The molecule has 0 amide bonds. The Morgan fingerprint density at radius 2 is 2.00 bits per heavy atom. The van der Waals surface area contributed by atoms with Crippen molar-refractivity contribution in [1.82, 2.24) is 0 Å². The van der Waals surface area contributed by atoms with Crippen LogP contribution >= 0.6 is 11.3 Å². The Morgan fingerprint density at radius 1 is 1.22 bits per heavy atom. The van der Waals surface area contributed by atoms with Crippen molar-refractivity contribution in [2.24, 2.45) is 5.73 Å². The predicted octanol–water partition coefficient (Wildman–Crippen LogP) is 3.58. The van der Waals surface area contributed by atoms with Crippen molar-refractivity contribution in [2.45, 2.75) is 19.9 Å². The van der Waals surface area contributed by atoms with Gasteiger partial charge in [-0.05, 0) is 36.9 Å². The van der Waals surface area contributed by atoms with Crippen molar-refractivity contribution in [2.75, 3.05) is 18.0 Å². The second-order valence-corrected chi connectivity index (χ2v) is 5.32. The number of para-hydroxylation sites is 1. The highest BCUT2D eigenvalue weighted by Crippen LogP contribution is 2.30. The topological polar surface area (TPSA) is 29.3 Å². The molecule has 0 saturated heterocycles. The van der Waals surface area contributed by atoms with Gasteiger partial charge in [0.2, 0.25) is 0 Å².